The topological polar surface area (TPSA) is 37.3 Å². The Morgan fingerprint density at radius 3 is 2.38 bits per heavy atom. The molecule has 1 aromatic rings. The highest BCUT2D eigenvalue weighted by molar-refractivity contribution is 6.82. The Morgan fingerprint density at radius 1 is 1.31 bits per heavy atom. The number of carboxylic acid groups (broad SMARTS) is 1. The first kappa shape index (κ1) is 12.7. The molecule has 0 radical (unpaired) electrons. The normalized spacial score (nSPS) is 12.6. The zero-order valence-electron chi connectivity index (χ0n) is 10.0. The molecule has 0 atom stereocenters. The number of rotatable bonds is 4. The van der Waals surface area contributed by atoms with E-state index >= 15 is 0 Å². The summed E-state index contributed by atoms with van der Waals surface area (Å²) in [4.78, 5) is 10.8. The van der Waals surface area contributed by atoms with Gasteiger partial charge in [0.15, 0.2) is 0 Å². The molecule has 1 aromatic carbocycles. The minimum atomic E-state index is -1.61. The number of hydrogen-bond acceptors (Lipinski definition) is 1. The van der Waals surface area contributed by atoms with Crippen LogP contribution in [0.3, 0.4) is 0 Å². The monoisotopic (exact) mass is 234 g/mol. The smallest absolute Gasteiger partial charge is 0.330 e. The van der Waals surface area contributed by atoms with Crippen LogP contribution in [0.5, 0.6) is 0 Å². The van der Waals surface area contributed by atoms with E-state index < -0.39 is 14.0 Å². The summed E-state index contributed by atoms with van der Waals surface area (Å²) in [5, 5.41) is 8.87. The van der Waals surface area contributed by atoms with Gasteiger partial charge in [0.1, 0.15) is 0 Å². The molecule has 0 aliphatic heterocycles. The van der Waals surface area contributed by atoms with Gasteiger partial charge >= 0.3 is 5.97 Å². The highest BCUT2D eigenvalue weighted by Crippen LogP contribution is 2.15. The van der Waals surface area contributed by atoms with Crippen LogP contribution in [-0.4, -0.2) is 19.1 Å². The van der Waals surface area contributed by atoms with Crippen molar-refractivity contribution in [3.8, 4) is 0 Å². The summed E-state index contributed by atoms with van der Waals surface area (Å²) in [5.74, 6) is -0.811. The zero-order valence-corrected chi connectivity index (χ0v) is 11.0. The number of carboxylic acids is 1. The average Bonchev–Trinajstić information content (AvgIpc) is 2.17. The van der Waals surface area contributed by atoms with E-state index in [1.54, 1.807) is 6.92 Å². The Labute approximate surface area is 97.6 Å². The summed E-state index contributed by atoms with van der Waals surface area (Å²) in [6.45, 7) is 6.04. The van der Waals surface area contributed by atoms with Crippen LogP contribution in [0.4, 0.5) is 0 Å². The number of benzene rings is 1. The lowest BCUT2D eigenvalue weighted by Gasteiger charge is -2.18. The van der Waals surface area contributed by atoms with Gasteiger partial charge in [-0.15, -0.1) is 0 Å². The molecule has 0 saturated carbocycles. The highest BCUT2D eigenvalue weighted by atomic mass is 28.3. The number of aliphatic carboxylic acids is 1. The maximum absolute atomic E-state index is 10.8. The molecular formula is C13H18O2Si. The molecule has 86 valence electrons. The Balaban J connectivity index is 2.80. The summed E-state index contributed by atoms with van der Waals surface area (Å²) >= 11 is 0. The zero-order chi connectivity index (χ0) is 12.2. The third kappa shape index (κ3) is 4.02. The maximum atomic E-state index is 10.8. The minimum Gasteiger partial charge on any atom is -0.478 e. The lowest BCUT2D eigenvalue weighted by atomic mass is 10.2. The van der Waals surface area contributed by atoms with Crippen molar-refractivity contribution in [2.24, 2.45) is 0 Å². The van der Waals surface area contributed by atoms with Crippen LogP contribution in [0.25, 0.3) is 0 Å². The van der Waals surface area contributed by atoms with Crippen molar-refractivity contribution in [3.63, 3.8) is 0 Å². The summed E-state index contributed by atoms with van der Waals surface area (Å²) in [7, 11) is -1.61. The molecule has 0 unspecified atom stereocenters. The van der Waals surface area contributed by atoms with Crippen molar-refractivity contribution in [1.29, 1.82) is 0 Å². The Bertz CT molecular complexity index is 394. The first-order valence-electron chi connectivity index (χ1n) is 5.37. The van der Waals surface area contributed by atoms with E-state index in [-0.39, 0.29) is 0 Å². The van der Waals surface area contributed by atoms with Gasteiger partial charge in [-0.25, -0.2) is 4.79 Å². The minimum absolute atomic E-state index is 0.465. The second-order valence-electron chi connectivity index (χ2n) is 4.78. The van der Waals surface area contributed by atoms with Gasteiger partial charge in [-0.1, -0.05) is 54.7 Å². The van der Waals surface area contributed by atoms with E-state index in [0.717, 1.165) is 6.04 Å². The van der Waals surface area contributed by atoms with E-state index in [1.807, 2.05) is 23.9 Å². The highest BCUT2D eigenvalue weighted by Gasteiger charge is 2.19. The molecule has 16 heavy (non-hydrogen) atoms. The molecule has 1 N–H and O–H groups in total. The molecule has 0 saturated heterocycles. The van der Waals surface area contributed by atoms with Crippen LogP contribution in [0.1, 0.15) is 12.5 Å². The molecule has 0 spiro atoms. The molecule has 0 bridgehead atoms. The van der Waals surface area contributed by atoms with Crippen LogP contribution in [-0.2, 0) is 10.8 Å². The van der Waals surface area contributed by atoms with Gasteiger partial charge in [-0.05, 0) is 13.0 Å². The molecule has 2 nitrogen and oxygen atoms in total. The third-order valence-electron chi connectivity index (χ3n) is 2.45. The molecule has 0 aliphatic rings. The number of hydrogen-bond donors (Lipinski definition) is 1. The van der Waals surface area contributed by atoms with E-state index in [4.69, 9.17) is 5.11 Å². The van der Waals surface area contributed by atoms with E-state index in [0.29, 0.717) is 5.57 Å². The number of carbonyl (C=O) groups is 1. The maximum Gasteiger partial charge on any atom is 0.330 e. The summed E-state index contributed by atoms with van der Waals surface area (Å²) in [6.07, 6.45) is 0. The van der Waals surface area contributed by atoms with Crippen molar-refractivity contribution < 1.29 is 9.90 Å². The predicted octanol–water partition coefficient (Wildman–Crippen LogP) is 3.05. The van der Waals surface area contributed by atoms with E-state index in [1.165, 1.54) is 5.56 Å². The van der Waals surface area contributed by atoms with Gasteiger partial charge < -0.3 is 5.11 Å². The van der Waals surface area contributed by atoms with Gasteiger partial charge in [0.05, 0.1) is 8.07 Å². The predicted molar refractivity (Wildman–Crippen MR) is 69.0 cm³/mol. The molecule has 0 aliphatic carbocycles. The quantitative estimate of drug-likeness (QED) is 0.642. The fourth-order valence-corrected chi connectivity index (χ4v) is 4.51. The van der Waals surface area contributed by atoms with Crippen LogP contribution in [0, 0.1) is 0 Å². The fourth-order valence-electron chi connectivity index (χ4n) is 1.82. The van der Waals surface area contributed by atoms with Gasteiger partial charge in [0, 0.05) is 5.57 Å². The Kier molecular flexibility index (Phi) is 4.07. The van der Waals surface area contributed by atoms with Crippen molar-refractivity contribution in [3.05, 3.63) is 47.2 Å². The lowest BCUT2D eigenvalue weighted by Crippen LogP contribution is -2.28. The van der Waals surface area contributed by atoms with E-state index in [2.05, 4.69) is 25.2 Å². The van der Waals surface area contributed by atoms with Gasteiger partial charge in [0.25, 0.3) is 0 Å². The van der Waals surface area contributed by atoms with Crippen molar-refractivity contribution in [1.82, 2.24) is 0 Å². The van der Waals surface area contributed by atoms with E-state index in [9.17, 15) is 4.79 Å². The van der Waals surface area contributed by atoms with Crippen LogP contribution < -0.4 is 0 Å². The lowest BCUT2D eigenvalue weighted by molar-refractivity contribution is -0.132. The molecule has 0 heterocycles. The summed E-state index contributed by atoms with van der Waals surface area (Å²) < 4.78 is 0. The molecule has 0 fully saturated rings. The molecule has 1 rings (SSSR count). The second kappa shape index (κ2) is 5.12. The second-order valence-corrected chi connectivity index (χ2v) is 9.40. The fraction of sp³-hybridized carbons (Fsp3) is 0.308. The van der Waals surface area contributed by atoms with Crippen molar-refractivity contribution >= 4 is 14.0 Å². The summed E-state index contributed by atoms with van der Waals surface area (Å²) in [6, 6.07) is 11.2. The van der Waals surface area contributed by atoms with Crippen LogP contribution in [0.2, 0.25) is 13.1 Å². The Hall–Kier alpha value is -1.35. The van der Waals surface area contributed by atoms with Gasteiger partial charge in [0.2, 0.25) is 0 Å². The first-order chi connectivity index (χ1) is 7.41. The van der Waals surface area contributed by atoms with Gasteiger partial charge in [-0.3, -0.25) is 0 Å². The van der Waals surface area contributed by atoms with Crippen LogP contribution in [0.15, 0.2) is 41.6 Å². The first-order valence-corrected chi connectivity index (χ1v) is 8.66. The van der Waals surface area contributed by atoms with Crippen molar-refractivity contribution in [2.75, 3.05) is 0 Å². The van der Waals surface area contributed by atoms with Crippen LogP contribution >= 0.6 is 0 Å². The summed E-state index contributed by atoms with van der Waals surface area (Å²) in [5.41, 5.74) is 3.71. The average molecular weight is 234 g/mol. The molecular weight excluding hydrogens is 216 g/mol. The molecule has 3 heteroatoms. The Morgan fingerprint density at radius 2 is 1.88 bits per heavy atom. The largest absolute Gasteiger partial charge is 0.478 e. The molecule has 0 aromatic heterocycles. The van der Waals surface area contributed by atoms with Gasteiger partial charge in [-0.2, -0.15) is 0 Å². The third-order valence-corrected chi connectivity index (χ3v) is 4.98. The SMILES string of the molecule is CC(=C[Si](C)(C)Cc1ccccc1)C(=O)O. The standard InChI is InChI=1S/C13H18O2Si/c1-11(13(14)15)9-16(2,3)10-12-7-5-4-6-8-12/h4-9H,10H2,1-3H3,(H,14,15). The molecule has 0 amide bonds. The van der Waals surface area contributed by atoms with Crippen molar-refractivity contribution in [2.45, 2.75) is 26.1 Å².